The van der Waals surface area contributed by atoms with Crippen LogP contribution in [0.15, 0.2) is 12.1 Å². The Labute approximate surface area is 216 Å². The second-order valence-electron chi connectivity index (χ2n) is 10.0. The summed E-state index contributed by atoms with van der Waals surface area (Å²) in [5.41, 5.74) is -0.904. The molecule has 14 heteroatoms. The third-order valence-electron chi connectivity index (χ3n) is 7.03. The lowest BCUT2D eigenvalue weighted by molar-refractivity contribution is -0.175. The Bertz CT molecular complexity index is 1210. The largest absolute Gasteiger partial charge is 0.472 e. The van der Waals surface area contributed by atoms with Gasteiger partial charge < -0.3 is 25.2 Å². The van der Waals surface area contributed by atoms with Crippen LogP contribution in [-0.4, -0.2) is 81.9 Å². The highest BCUT2D eigenvalue weighted by Gasteiger charge is 2.56. The Hall–Kier alpha value is -3.89. The zero-order valence-electron chi connectivity index (χ0n) is 21.0. The van der Waals surface area contributed by atoms with Crippen LogP contribution in [0.4, 0.5) is 19.0 Å². The third-order valence-corrected chi connectivity index (χ3v) is 7.03. The smallest absolute Gasteiger partial charge is 0.471 e. The number of ether oxygens (including phenoxy) is 1. The highest BCUT2D eigenvalue weighted by Crippen LogP contribution is 2.41. The van der Waals surface area contributed by atoms with E-state index in [9.17, 15) is 37.6 Å². The Morgan fingerprint density at radius 2 is 2.05 bits per heavy atom. The molecule has 3 heterocycles. The number of aryl methyl sites for hydroxylation is 1. The molecule has 4 rings (SSSR count). The van der Waals surface area contributed by atoms with Gasteiger partial charge in [-0.2, -0.15) is 18.4 Å². The number of carbonyl (C=O) groups is 4. The van der Waals surface area contributed by atoms with Crippen molar-refractivity contribution in [3.05, 3.63) is 17.8 Å². The van der Waals surface area contributed by atoms with Gasteiger partial charge in [0, 0.05) is 19.2 Å². The predicted molar refractivity (Wildman–Crippen MR) is 124 cm³/mol. The molecule has 2 fully saturated rings. The van der Waals surface area contributed by atoms with E-state index in [-0.39, 0.29) is 36.9 Å². The highest BCUT2D eigenvalue weighted by atomic mass is 19.4. The molecule has 204 valence electrons. The Morgan fingerprint density at radius 1 is 1.37 bits per heavy atom. The number of hydrogen-bond donors (Lipinski definition) is 2. The first-order valence-corrected chi connectivity index (χ1v) is 12.1. The molecular formula is C24H27F3N6O5. The number of anilines is 1. The molecule has 1 saturated heterocycles. The van der Waals surface area contributed by atoms with Crippen LogP contribution < -0.4 is 15.4 Å². The number of amides is 4. The van der Waals surface area contributed by atoms with E-state index in [1.54, 1.807) is 24.4 Å². The molecular weight excluding hydrogens is 509 g/mol. The van der Waals surface area contributed by atoms with Gasteiger partial charge in [0.1, 0.15) is 18.1 Å². The molecule has 0 aromatic carbocycles. The zero-order chi connectivity index (χ0) is 28.0. The highest BCUT2D eigenvalue weighted by molar-refractivity contribution is 6.01. The van der Waals surface area contributed by atoms with Gasteiger partial charge in [0.25, 0.3) is 5.91 Å². The van der Waals surface area contributed by atoms with E-state index in [1.807, 2.05) is 6.07 Å². The topological polar surface area (TPSA) is 145 Å². The fraction of sp³-hybridized carbons (Fsp3) is 0.583. The molecule has 1 aromatic heterocycles. The molecule has 11 nitrogen and oxygen atoms in total. The van der Waals surface area contributed by atoms with Gasteiger partial charge in [-0.25, -0.2) is 4.98 Å². The van der Waals surface area contributed by atoms with Crippen LogP contribution in [0.25, 0.3) is 0 Å². The average molecular weight is 537 g/mol. The molecule has 38 heavy (non-hydrogen) atoms. The van der Waals surface area contributed by atoms with Crippen LogP contribution in [0.5, 0.6) is 5.75 Å². The average Bonchev–Trinajstić information content (AvgIpc) is 3.60. The lowest BCUT2D eigenvalue weighted by Crippen LogP contribution is -2.57. The van der Waals surface area contributed by atoms with Crippen LogP contribution in [0.2, 0.25) is 0 Å². The van der Waals surface area contributed by atoms with Crippen molar-refractivity contribution in [3.8, 4) is 11.8 Å². The van der Waals surface area contributed by atoms with E-state index >= 15 is 0 Å². The first kappa shape index (κ1) is 27.2. The van der Waals surface area contributed by atoms with Crippen molar-refractivity contribution < 1.29 is 37.1 Å². The molecule has 4 unspecified atom stereocenters. The maximum atomic E-state index is 13.8. The standard InChI is InChI=1S/C24H27F3N6O5/c1-12-4-7-17-18(29-12)31-21(36)23(38-17)9-15(10-28)33(11-23)20(35)16(8-14-5-6-14)32(3)19(34)13(2)30-22(37)24(25,26)27/h4,7,13-16H,5-6,8-9,11H2,1-3H3,(H,30,37)(H,29,31,36). The predicted octanol–water partition coefficient (Wildman–Crippen LogP) is 1.28. The summed E-state index contributed by atoms with van der Waals surface area (Å²) >= 11 is 0. The van der Waals surface area contributed by atoms with E-state index in [4.69, 9.17) is 4.74 Å². The number of fused-ring (bicyclic) bond motifs is 1. The number of hydrogen-bond acceptors (Lipinski definition) is 7. The summed E-state index contributed by atoms with van der Waals surface area (Å²) in [7, 11) is 1.27. The molecule has 1 saturated carbocycles. The summed E-state index contributed by atoms with van der Waals surface area (Å²) in [5, 5.41) is 14.1. The molecule has 2 N–H and O–H groups in total. The van der Waals surface area contributed by atoms with Gasteiger partial charge in [0.15, 0.2) is 11.6 Å². The maximum Gasteiger partial charge on any atom is 0.471 e. The zero-order valence-corrected chi connectivity index (χ0v) is 21.0. The van der Waals surface area contributed by atoms with Gasteiger partial charge >= 0.3 is 12.1 Å². The van der Waals surface area contributed by atoms with Gasteiger partial charge in [0.2, 0.25) is 17.4 Å². The van der Waals surface area contributed by atoms with Crippen molar-refractivity contribution in [1.82, 2.24) is 20.1 Å². The van der Waals surface area contributed by atoms with Gasteiger partial charge in [-0.1, -0.05) is 12.8 Å². The SMILES string of the molecule is Cc1ccc2c(n1)NC(=O)C1(CC(C#N)N(C(=O)C(CC3CC3)N(C)C(=O)C(C)NC(=O)C(F)(F)F)C1)O2. The molecule has 2 aliphatic heterocycles. The number of likely N-dealkylation sites (N-methyl/N-ethyl adjacent to an activating group) is 1. The number of rotatable bonds is 6. The number of nitrogens with one attached hydrogen (secondary N) is 2. The summed E-state index contributed by atoms with van der Waals surface area (Å²) in [6.45, 7) is 2.57. The molecule has 1 spiro atoms. The number of pyridine rings is 1. The Balaban J connectivity index is 1.55. The van der Waals surface area contributed by atoms with Gasteiger partial charge in [-0.3, -0.25) is 19.2 Å². The van der Waals surface area contributed by atoms with E-state index in [0.29, 0.717) is 5.69 Å². The molecule has 0 radical (unpaired) electrons. The first-order chi connectivity index (χ1) is 17.8. The molecule has 4 amide bonds. The molecule has 3 aliphatic rings. The number of aromatic nitrogens is 1. The third kappa shape index (κ3) is 5.23. The van der Waals surface area contributed by atoms with E-state index < -0.39 is 53.5 Å². The lowest BCUT2D eigenvalue weighted by Gasteiger charge is -2.35. The second-order valence-corrected chi connectivity index (χ2v) is 10.0. The van der Waals surface area contributed by atoms with Crippen molar-refractivity contribution in [2.45, 2.75) is 69.4 Å². The van der Waals surface area contributed by atoms with Crippen molar-refractivity contribution in [2.75, 3.05) is 18.9 Å². The number of carbonyl (C=O) groups excluding carboxylic acids is 4. The molecule has 0 bridgehead atoms. The first-order valence-electron chi connectivity index (χ1n) is 12.1. The van der Waals surface area contributed by atoms with E-state index in [1.165, 1.54) is 11.9 Å². The van der Waals surface area contributed by atoms with Crippen LogP contribution in [0.1, 0.15) is 38.3 Å². The van der Waals surface area contributed by atoms with Crippen molar-refractivity contribution in [2.24, 2.45) is 5.92 Å². The van der Waals surface area contributed by atoms with Crippen molar-refractivity contribution in [1.29, 1.82) is 5.26 Å². The maximum absolute atomic E-state index is 13.8. The fourth-order valence-electron chi connectivity index (χ4n) is 4.74. The number of alkyl halides is 3. The minimum Gasteiger partial charge on any atom is -0.472 e. The number of nitriles is 1. The Kier molecular flexibility index (Phi) is 6.98. The number of likely N-dealkylation sites (tertiary alicyclic amines) is 1. The minimum absolute atomic E-state index is 0.117. The number of halogens is 3. The van der Waals surface area contributed by atoms with Gasteiger partial charge in [-0.15, -0.1) is 0 Å². The van der Waals surface area contributed by atoms with Crippen molar-refractivity contribution >= 4 is 29.4 Å². The molecule has 1 aromatic rings. The summed E-state index contributed by atoms with van der Waals surface area (Å²) in [4.78, 5) is 57.5. The summed E-state index contributed by atoms with van der Waals surface area (Å²) in [6, 6.07) is 1.61. The quantitative estimate of drug-likeness (QED) is 0.557. The van der Waals surface area contributed by atoms with Crippen molar-refractivity contribution in [3.63, 3.8) is 0 Å². The van der Waals surface area contributed by atoms with Crippen LogP contribution >= 0.6 is 0 Å². The Morgan fingerprint density at radius 3 is 2.66 bits per heavy atom. The monoisotopic (exact) mass is 536 g/mol. The normalized spacial score (nSPS) is 24.0. The second kappa shape index (κ2) is 9.77. The molecule has 4 atom stereocenters. The van der Waals surface area contributed by atoms with Gasteiger partial charge in [0.05, 0.1) is 12.6 Å². The lowest BCUT2D eigenvalue weighted by atomic mass is 9.97. The summed E-state index contributed by atoms with van der Waals surface area (Å²) in [5.74, 6) is -3.73. The fourth-order valence-corrected chi connectivity index (χ4v) is 4.74. The van der Waals surface area contributed by atoms with Crippen LogP contribution in [-0.2, 0) is 19.2 Å². The van der Waals surface area contributed by atoms with E-state index in [0.717, 1.165) is 24.7 Å². The minimum atomic E-state index is -5.17. The van der Waals surface area contributed by atoms with E-state index in [2.05, 4.69) is 10.3 Å². The number of nitrogens with zero attached hydrogens (tertiary/aromatic N) is 4. The van der Waals surface area contributed by atoms with Gasteiger partial charge in [-0.05, 0) is 38.3 Å². The summed E-state index contributed by atoms with van der Waals surface area (Å²) in [6.07, 6.45) is -3.45. The summed E-state index contributed by atoms with van der Waals surface area (Å²) < 4.78 is 44.0. The molecule has 1 aliphatic carbocycles. The van der Waals surface area contributed by atoms with Crippen LogP contribution in [0.3, 0.4) is 0 Å². The van der Waals surface area contributed by atoms with Crippen LogP contribution in [0, 0.1) is 24.2 Å².